The van der Waals surface area contributed by atoms with Crippen LogP contribution >= 0.6 is 0 Å². The van der Waals surface area contributed by atoms with Gasteiger partial charge in [-0.05, 0) is 18.2 Å². The molecular formula is C18H14N4O2. The van der Waals surface area contributed by atoms with Gasteiger partial charge in [0.2, 0.25) is 0 Å². The second-order valence-corrected chi connectivity index (χ2v) is 5.40. The highest BCUT2D eigenvalue weighted by molar-refractivity contribution is 5.97. The molecule has 0 aliphatic carbocycles. The van der Waals surface area contributed by atoms with Gasteiger partial charge < -0.3 is 15.5 Å². The monoisotopic (exact) mass is 318 g/mol. The Balaban J connectivity index is 1.71. The molecule has 0 saturated heterocycles. The maximum absolute atomic E-state index is 11.4. The first-order valence-corrected chi connectivity index (χ1v) is 7.45. The van der Waals surface area contributed by atoms with E-state index in [1.54, 1.807) is 6.20 Å². The van der Waals surface area contributed by atoms with Gasteiger partial charge in [-0.1, -0.05) is 24.3 Å². The van der Waals surface area contributed by atoms with Crippen LogP contribution in [0.2, 0.25) is 0 Å². The van der Waals surface area contributed by atoms with Crippen molar-refractivity contribution in [3.8, 4) is 5.75 Å². The molecule has 4 rings (SSSR count). The lowest BCUT2D eigenvalue weighted by atomic mass is 10.1. The number of nitrogens with two attached hydrogens (primary N) is 1. The Bertz CT molecular complexity index is 1100. The first-order valence-electron chi connectivity index (χ1n) is 7.45. The summed E-state index contributed by atoms with van der Waals surface area (Å²) in [5.41, 5.74) is 8.36. The van der Waals surface area contributed by atoms with Gasteiger partial charge in [-0.15, -0.1) is 0 Å². The van der Waals surface area contributed by atoms with E-state index >= 15 is 0 Å². The van der Waals surface area contributed by atoms with E-state index in [-0.39, 0.29) is 5.56 Å². The van der Waals surface area contributed by atoms with Crippen molar-refractivity contribution in [2.75, 3.05) is 5.73 Å². The maximum Gasteiger partial charge on any atom is 0.268 e. The van der Waals surface area contributed by atoms with Crippen molar-refractivity contribution in [2.24, 2.45) is 0 Å². The van der Waals surface area contributed by atoms with Gasteiger partial charge in [0, 0.05) is 28.2 Å². The third-order valence-electron chi connectivity index (χ3n) is 3.86. The number of benzene rings is 2. The standard InChI is InChI=1S/C18H14N4O2/c19-14-5-6-15(13-4-2-1-3-12(13)14)24-10-11-7-8-20-18-17(11)21-9-16(23)22-18/h1-9H,10,19H2,(H,20,22,23). The molecule has 0 fully saturated rings. The van der Waals surface area contributed by atoms with Crippen molar-refractivity contribution >= 4 is 27.6 Å². The van der Waals surface area contributed by atoms with Crippen LogP contribution in [-0.2, 0) is 6.61 Å². The molecule has 3 N–H and O–H groups in total. The number of hydrogen-bond acceptors (Lipinski definition) is 5. The molecule has 4 aromatic rings. The zero-order chi connectivity index (χ0) is 16.5. The normalized spacial score (nSPS) is 11.0. The van der Waals surface area contributed by atoms with Crippen LogP contribution in [0, 0.1) is 0 Å². The van der Waals surface area contributed by atoms with Crippen molar-refractivity contribution in [1.82, 2.24) is 15.0 Å². The maximum atomic E-state index is 11.4. The van der Waals surface area contributed by atoms with Crippen LogP contribution in [0.25, 0.3) is 21.9 Å². The minimum atomic E-state index is -0.280. The number of H-pyrrole nitrogens is 1. The Morgan fingerprint density at radius 3 is 2.75 bits per heavy atom. The zero-order valence-corrected chi connectivity index (χ0v) is 12.7. The predicted molar refractivity (Wildman–Crippen MR) is 92.9 cm³/mol. The summed E-state index contributed by atoms with van der Waals surface area (Å²) in [4.78, 5) is 22.3. The van der Waals surface area contributed by atoms with Crippen molar-refractivity contribution in [2.45, 2.75) is 6.61 Å². The summed E-state index contributed by atoms with van der Waals surface area (Å²) in [6.45, 7) is 0.311. The molecule has 0 amide bonds. The Kier molecular flexibility index (Phi) is 3.35. The summed E-state index contributed by atoms with van der Waals surface area (Å²) in [7, 11) is 0. The number of fused-ring (bicyclic) bond motifs is 2. The third-order valence-corrected chi connectivity index (χ3v) is 3.86. The van der Waals surface area contributed by atoms with Gasteiger partial charge in [-0.2, -0.15) is 0 Å². The minimum absolute atomic E-state index is 0.280. The second-order valence-electron chi connectivity index (χ2n) is 5.40. The van der Waals surface area contributed by atoms with Crippen LogP contribution in [0.3, 0.4) is 0 Å². The van der Waals surface area contributed by atoms with Gasteiger partial charge >= 0.3 is 0 Å². The molecule has 0 unspecified atom stereocenters. The Morgan fingerprint density at radius 1 is 1.04 bits per heavy atom. The van der Waals surface area contributed by atoms with E-state index in [4.69, 9.17) is 10.5 Å². The Hall–Kier alpha value is -3.41. The van der Waals surface area contributed by atoms with E-state index in [0.29, 0.717) is 23.5 Å². The number of ether oxygens (including phenoxy) is 1. The molecule has 0 spiro atoms. The molecule has 0 bridgehead atoms. The lowest BCUT2D eigenvalue weighted by Gasteiger charge is -2.11. The van der Waals surface area contributed by atoms with Crippen LogP contribution in [-0.4, -0.2) is 15.0 Å². The molecule has 118 valence electrons. The van der Waals surface area contributed by atoms with E-state index in [2.05, 4.69) is 15.0 Å². The molecule has 2 heterocycles. The number of nitrogens with one attached hydrogen (secondary N) is 1. The van der Waals surface area contributed by atoms with Gasteiger partial charge in [-0.25, -0.2) is 9.97 Å². The van der Waals surface area contributed by atoms with Crippen LogP contribution < -0.4 is 16.0 Å². The smallest absolute Gasteiger partial charge is 0.268 e. The number of anilines is 1. The summed E-state index contributed by atoms with van der Waals surface area (Å²) >= 11 is 0. The molecule has 6 nitrogen and oxygen atoms in total. The van der Waals surface area contributed by atoms with Crippen molar-refractivity contribution in [1.29, 1.82) is 0 Å². The van der Waals surface area contributed by atoms with Crippen molar-refractivity contribution in [3.63, 3.8) is 0 Å². The second kappa shape index (κ2) is 5.66. The SMILES string of the molecule is Nc1ccc(OCc2ccnc3[nH]c(=O)cnc23)c2ccccc12. The summed E-state index contributed by atoms with van der Waals surface area (Å²) in [5, 5.41) is 1.91. The van der Waals surface area contributed by atoms with E-state index < -0.39 is 0 Å². The average molecular weight is 318 g/mol. The lowest BCUT2D eigenvalue weighted by Crippen LogP contribution is -2.08. The summed E-state index contributed by atoms with van der Waals surface area (Å²) in [6, 6.07) is 13.3. The molecule has 6 heteroatoms. The molecule has 0 aliphatic heterocycles. The average Bonchev–Trinajstić information content (AvgIpc) is 2.61. The molecule has 2 aromatic carbocycles. The van der Waals surface area contributed by atoms with E-state index in [1.165, 1.54) is 6.20 Å². The predicted octanol–water partition coefficient (Wildman–Crippen LogP) is 2.63. The van der Waals surface area contributed by atoms with Gasteiger partial charge in [0.15, 0.2) is 5.65 Å². The molecule has 24 heavy (non-hydrogen) atoms. The molecule has 2 aromatic heterocycles. The highest BCUT2D eigenvalue weighted by Crippen LogP contribution is 2.30. The van der Waals surface area contributed by atoms with Gasteiger partial charge in [0.1, 0.15) is 17.9 Å². The highest BCUT2D eigenvalue weighted by Gasteiger charge is 2.08. The number of rotatable bonds is 3. The van der Waals surface area contributed by atoms with E-state index in [0.717, 1.165) is 22.1 Å². The number of nitrogen functional groups attached to an aromatic ring is 1. The fourth-order valence-corrected chi connectivity index (χ4v) is 2.69. The highest BCUT2D eigenvalue weighted by atomic mass is 16.5. The van der Waals surface area contributed by atoms with Crippen molar-refractivity contribution < 1.29 is 4.74 Å². The van der Waals surface area contributed by atoms with Gasteiger partial charge in [-0.3, -0.25) is 4.79 Å². The van der Waals surface area contributed by atoms with Crippen LogP contribution in [0.5, 0.6) is 5.75 Å². The summed E-state index contributed by atoms with van der Waals surface area (Å²) in [6.07, 6.45) is 2.87. The first-order chi connectivity index (χ1) is 11.7. The quantitative estimate of drug-likeness (QED) is 0.566. The van der Waals surface area contributed by atoms with Gasteiger partial charge in [0.05, 0.1) is 6.20 Å². The first kappa shape index (κ1) is 14.2. The number of pyridine rings is 1. The van der Waals surface area contributed by atoms with E-state index in [1.807, 2.05) is 42.5 Å². The fourth-order valence-electron chi connectivity index (χ4n) is 2.69. The zero-order valence-electron chi connectivity index (χ0n) is 12.7. The molecule has 0 atom stereocenters. The Labute approximate surface area is 136 Å². The molecule has 0 radical (unpaired) electrons. The summed E-state index contributed by atoms with van der Waals surface area (Å²) in [5.74, 6) is 0.745. The molecule has 0 saturated carbocycles. The van der Waals surface area contributed by atoms with Crippen molar-refractivity contribution in [3.05, 3.63) is 70.8 Å². The number of nitrogens with zero attached hydrogens (tertiary/aromatic N) is 2. The lowest BCUT2D eigenvalue weighted by molar-refractivity contribution is 0.311. The third kappa shape index (κ3) is 2.44. The van der Waals surface area contributed by atoms with Crippen LogP contribution in [0.15, 0.2) is 59.7 Å². The fraction of sp³-hybridized carbons (Fsp3) is 0.0556. The van der Waals surface area contributed by atoms with Crippen LogP contribution in [0.4, 0.5) is 5.69 Å². The number of hydrogen-bond donors (Lipinski definition) is 2. The molecule has 0 aliphatic rings. The number of aromatic amines is 1. The minimum Gasteiger partial charge on any atom is -0.488 e. The van der Waals surface area contributed by atoms with Crippen LogP contribution in [0.1, 0.15) is 5.56 Å². The summed E-state index contributed by atoms with van der Waals surface area (Å²) < 4.78 is 5.98. The van der Waals surface area contributed by atoms with Gasteiger partial charge in [0.25, 0.3) is 5.56 Å². The topological polar surface area (TPSA) is 93.9 Å². The number of aromatic nitrogens is 3. The largest absolute Gasteiger partial charge is 0.488 e. The molecular weight excluding hydrogens is 304 g/mol. The van der Waals surface area contributed by atoms with E-state index in [9.17, 15) is 4.79 Å². The Morgan fingerprint density at radius 2 is 1.88 bits per heavy atom.